The lowest BCUT2D eigenvalue weighted by atomic mass is 9.97. The number of hydrogen-bond acceptors (Lipinski definition) is 5. The highest BCUT2D eigenvalue weighted by Gasteiger charge is 2.19. The summed E-state index contributed by atoms with van der Waals surface area (Å²) in [4.78, 5) is 8.76. The number of anilines is 1. The molecule has 1 N–H and O–H groups in total. The van der Waals surface area contributed by atoms with E-state index < -0.39 is 0 Å². The second kappa shape index (κ2) is 6.08. The number of aromatic nitrogens is 4. The number of benzene rings is 1. The highest BCUT2D eigenvalue weighted by molar-refractivity contribution is 5.36. The Bertz CT molecular complexity index is 787. The average Bonchev–Trinajstić information content (AvgIpc) is 3.15. The Morgan fingerprint density at radius 3 is 3.04 bits per heavy atom. The van der Waals surface area contributed by atoms with Crippen molar-refractivity contribution in [3.8, 4) is 11.6 Å². The van der Waals surface area contributed by atoms with Crippen molar-refractivity contribution in [2.75, 3.05) is 18.5 Å². The van der Waals surface area contributed by atoms with Gasteiger partial charge in [0.25, 0.3) is 0 Å². The van der Waals surface area contributed by atoms with Gasteiger partial charge in [0.2, 0.25) is 5.95 Å². The third-order valence-electron chi connectivity index (χ3n) is 3.88. The minimum atomic E-state index is 0.404. The molecular weight excluding hydrogens is 290 g/mol. The molecule has 0 aliphatic carbocycles. The molecule has 0 saturated carbocycles. The first-order chi connectivity index (χ1) is 11.4. The summed E-state index contributed by atoms with van der Waals surface area (Å²) in [5.74, 6) is 2.76. The van der Waals surface area contributed by atoms with Crippen molar-refractivity contribution in [3.05, 3.63) is 60.6 Å². The number of ether oxygens (including phenoxy) is 1. The van der Waals surface area contributed by atoms with Gasteiger partial charge >= 0.3 is 0 Å². The molecule has 0 bridgehead atoms. The van der Waals surface area contributed by atoms with E-state index in [0.29, 0.717) is 18.5 Å². The second-order valence-corrected chi connectivity index (χ2v) is 5.56. The lowest BCUT2D eigenvalue weighted by Gasteiger charge is -2.25. The van der Waals surface area contributed by atoms with Crippen molar-refractivity contribution in [2.45, 2.75) is 6.42 Å². The Balaban J connectivity index is 1.41. The SMILES string of the molecule is c1ccc2c(c1)C[C@@H](CNc1nccc(-n3cccn3)n1)CO2. The summed E-state index contributed by atoms with van der Waals surface area (Å²) in [7, 11) is 0. The molecule has 0 fully saturated rings. The van der Waals surface area contributed by atoms with Crippen molar-refractivity contribution < 1.29 is 4.74 Å². The van der Waals surface area contributed by atoms with Gasteiger partial charge in [0.1, 0.15) is 5.75 Å². The molecule has 2 aromatic heterocycles. The van der Waals surface area contributed by atoms with E-state index in [-0.39, 0.29) is 0 Å². The van der Waals surface area contributed by atoms with Gasteiger partial charge in [-0.1, -0.05) is 18.2 Å². The first kappa shape index (κ1) is 13.8. The summed E-state index contributed by atoms with van der Waals surface area (Å²) >= 11 is 0. The standard InChI is InChI=1S/C17H17N5O/c1-2-5-15-14(4-1)10-13(12-23-15)11-19-17-18-8-6-16(21-17)22-9-3-7-20-22/h1-9,13H,10-12H2,(H,18,19,21)/t13-/m0/s1. The van der Waals surface area contributed by atoms with Crippen LogP contribution in [0.5, 0.6) is 5.75 Å². The van der Waals surface area contributed by atoms with Gasteiger partial charge in [-0.3, -0.25) is 0 Å². The van der Waals surface area contributed by atoms with E-state index in [2.05, 4.69) is 32.5 Å². The Morgan fingerprint density at radius 1 is 1.17 bits per heavy atom. The zero-order valence-electron chi connectivity index (χ0n) is 12.6. The largest absolute Gasteiger partial charge is 0.493 e. The number of hydrogen-bond donors (Lipinski definition) is 1. The third-order valence-corrected chi connectivity index (χ3v) is 3.88. The molecule has 0 radical (unpaired) electrons. The van der Waals surface area contributed by atoms with Crippen LogP contribution < -0.4 is 10.1 Å². The van der Waals surface area contributed by atoms with Crippen LogP contribution in [0.4, 0.5) is 5.95 Å². The van der Waals surface area contributed by atoms with E-state index in [4.69, 9.17) is 4.74 Å². The summed E-state index contributed by atoms with van der Waals surface area (Å²) in [6.45, 7) is 1.49. The number of fused-ring (bicyclic) bond motifs is 1. The van der Waals surface area contributed by atoms with E-state index in [1.807, 2.05) is 30.5 Å². The third kappa shape index (κ3) is 3.01. The first-order valence-electron chi connectivity index (χ1n) is 7.66. The van der Waals surface area contributed by atoms with Gasteiger partial charge < -0.3 is 10.1 Å². The van der Waals surface area contributed by atoms with Crippen LogP contribution in [0, 0.1) is 5.92 Å². The zero-order chi connectivity index (χ0) is 15.5. The van der Waals surface area contributed by atoms with Gasteiger partial charge in [-0.15, -0.1) is 0 Å². The Labute approximate surface area is 134 Å². The number of rotatable bonds is 4. The van der Waals surface area contributed by atoms with Crippen LogP contribution in [0.2, 0.25) is 0 Å². The lowest BCUT2D eigenvalue weighted by molar-refractivity contribution is 0.229. The van der Waals surface area contributed by atoms with E-state index in [1.165, 1.54) is 5.56 Å². The van der Waals surface area contributed by atoms with Crippen molar-refractivity contribution in [3.63, 3.8) is 0 Å². The van der Waals surface area contributed by atoms with Gasteiger partial charge in [-0.2, -0.15) is 10.1 Å². The number of nitrogens with zero attached hydrogens (tertiary/aromatic N) is 4. The predicted octanol–water partition coefficient (Wildman–Crippen LogP) is 2.33. The highest BCUT2D eigenvalue weighted by atomic mass is 16.5. The summed E-state index contributed by atoms with van der Waals surface area (Å²) in [6.07, 6.45) is 6.32. The van der Waals surface area contributed by atoms with Crippen LogP contribution in [0.3, 0.4) is 0 Å². The van der Waals surface area contributed by atoms with Crippen LogP contribution in [-0.4, -0.2) is 32.9 Å². The first-order valence-corrected chi connectivity index (χ1v) is 7.66. The predicted molar refractivity (Wildman–Crippen MR) is 86.8 cm³/mol. The Hall–Kier alpha value is -2.89. The molecular formula is C17H17N5O. The minimum absolute atomic E-state index is 0.404. The molecule has 1 aliphatic heterocycles. The molecule has 1 atom stereocenters. The van der Waals surface area contributed by atoms with Crippen LogP contribution in [0.15, 0.2) is 55.0 Å². The molecule has 0 spiro atoms. The van der Waals surface area contributed by atoms with E-state index in [9.17, 15) is 0 Å². The van der Waals surface area contributed by atoms with Gasteiger partial charge in [-0.25, -0.2) is 9.67 Å². The minimum Gasteiger partial charge on any atom is -0.493 e. The van der Waals surface area contributed by atoms with Crippen LogP contribution in [-0.2, 0) is 6.42 Å². The fourth-order valence-corrected chi connectivity index (χ4v) is 2.72. The quantitative estimate of drug-likeness (QED) is 0.801. The maximum Gasteiger partial charge on any atom is 0.224 e. The second-order valence-electron chi connectivity index (χ2n) is 5.56. The molecule has 0 unspecified atom stereocenters. The normalized spacial score (nSPS) is 16.4. The monoisotopic (exact) mass is 307 g/mol. The van der Waals surface area contributed by atoms with E-state index >= 15 is 0 Å². The van der Waals surface area contributed by atoms with Crippen molar-refractivity contribution in [1.82, 2.24) is 19.7 Å². The van der Waals surface area contributed by atoms with Crippen molar-refractivity contribution in [2.24, 2.45) is 5.92 Å². The molecule has 0 amide bonds. The van der Waals surface area contributed by atoms with E-state index in [0.717, 1.165) is 24.5 Å². The molecule has 6 nitrogen and oxygen atoms in total. The number of para-hydroxylation sites is 1. The summed E-state index contributed by atoms with van der Waals surface area (Å²) in [5.41, 5.74) is 1.26. The van der Waals surface area contributed by atoms with Gasteiger partial charge in [-0.05, 0) is 24.1 Å². The fourth-order valence-electron chi connectivity index (χ4n) is 2.72. The Kier molecular flexibility index (Phi) is 3.63. The summed E-state index contributed by atoms with van der Waals surface area (Å²) < 4.78 is 7.53. The van der Waals surface area contributed by atoms with Gasteiger partial charge in [0, 0.05) is 37.1 Å². The molecule has 4 rings (SSSR count). The molecule has 3 heterocycles. The molecule has 116 valence electrons. The highest BCUT2D eigenvalue weighted by Crippen LogP contribution is 2.26. The molecule has 1 aliphatic rings. The van der Waals surface area contributed by atoms with Crippen LogP contribution in [0.25, 0.3) is 5.82 Å². The molecule has 0 saturated heterocycles. The van der Waals surface area contributed by atoms with Gasteiger partial charge in [0.15, 0.2) is 5.82 Å². The van der Waals surface area contributed by atoms with E-state index in [1.54, 1.807) is 17.1 Å². The molecule has 6 heteroatoms. The van der Waals surface area contributed by atoms with Gasteiger partial charge in [0.05, 0.1) is 6.61 Å². The lowest BCUT2D eigenvalue weighted by Crippen LogP contribution is -2.27. The topological polar surface area (TPSA) is 64.9 Å². The maximum atomic E-state index is 5.81. The molecule has 1 aromatic carbocycles. The average molecular weight is 307 g/mol. The molecule has 3 aromatic rings. The zero-order valence-corrected chi connectivity index (χ0v) is 12.6. The molecule has 23 heavy (non-hydrogen) atoms. The Morgan fingerprint density at radius 2 is 2.13 bits per heavy atom. The maximum absolute atomic E-state index is 5.81. The fraction of sp³-hybridized carbons (Fsp3) is 0.235. The van der Waals surface area contributed by atoms with Crippen LogP contribution in [0.1, 0.15) is 5.56 Å². The summed E-state index contributed by atoms with van der Waals surface area (Å²) in [6, 6.07) is 11.9. The van der Waals surface area contributed by atoms with Crippen molar-refractivity contribution >= 4 is 5.95 Å². The van der Waals surface area contributed by atoms with Crippen LogP contribution >= 0.6 is 0 Å². The van der Waals surface area contributed by atoms with Crippen molar-refractivity contribution in [1.29, 1.82) is 0 Å². The summed E-state index contributed by atoms with van der Waals surface area (Å²) in [5, 5.41) is 7.49. The number of nitrogens with one attached hydrogen (secondary N) is 1. The smallest absolute Gasteiger partial charge is 0.224 e.